The van der Waals surface area contributed by atoms with Crippen molar-refractivity contribution in [1.82, 2.24) is 14.4 Å². The van der Waals surface area contributed by atoms with Crippen LogP contribution in [0.3, 0.4) is 0 Å². The van der Waals surface area contributed by atoms with Gasteiger partial charge in [-0.1, -0.05) is 53.6 Å². The molecule has 0 saturated carbocycles. The Kier molecular flexibility index (Phi) is 4.41. The van der Waals surface area contributed by atoms with Crippen molar-refractivity contribution in [3.63, 3.8) is 0 Å². The zero-order chi connectivity index (χ0) is 18.1. The van der Waals surface area contributed by atoms with Crippen LogP contribution in [0.15, 0.2) is 59.0 Å². The molecule has 6 heteroatoms. The molecule has 0 bridgehead atoms. The Hall–Kier alpha value is -2.76. The standard InChI is InChI=1S/C20H14ClN3OS/c1-13-4-7-15(8-5-13)17-12-26-20-23-16(18(21)19(25)24(17)20)9-6-14-3-2-10-22-11-14/h2-12H,1H3/b9-6+. The Bertz CT molecular complexity index is 1160. The summed E-state index contributed by atoms with van der Waals surface area (Å²) in [6.07, 6.45) is 7.02. The van der Waals surface area contributed by atoms with Gasteiger partial charge in [0.25, 0.3) is 5.56 Å². The van der Waals surface area contributed by atoms with Crippen LogP contribution in [0.2, 0.25) is 5.02 Å². The number of aromatic nitrogens is 3. The van der Waals surface area contributed by atoms with Gasteiger partial charge in [0.2, 0.25) is 0 Å². The molecule has 0 spiro atoms. The van der Waals surface area contributed by atoms with E-state index in [1.165, 1.54) is 16.9 Å². The fourth-order valence-electron chi connectivity index (χ4n) is 2.63. The highest BCUT2D eigenvalue weighted by molar-refractivity contribution is 7.15. The van der Waals surface area contributed by atoms with Crippen molar-refractivity contribution in [3.8, 4) is 11.3 Å². The summed E-state index contributed by atoms with van der Waals surface area (Å²) in [6.45, 7) is 2.03. The van der Waals surface area contributed by atoms with Crippen LogP contribution in [-0.2, 0) is 0 Å². The van der Waals surface area contributed by atoms with E-state index >= 15 is 0 Å². The highest BCUT2D eigenvalue weighted by Crippen LogP contribution is 2.26. The van der Waals surface area contributed by atoms with Gasteiger partial charge in [-0.2, -0.15) is 0 Å². The summed E-state index contributed by atoms with van der Waals surface area (Å²) < 4.78 is 1.57. The number of nitrogens with zero attached hydrogens (tertiary/aromatic N) is 3. The monoisotopic (exact) mass is 379 g/mol. The number of aryl methyl sites for hydroxylation is 1. The van der Waals surface area contributed by atoms with Crippen LogP contribution in [-0.4, -0.2) is 14.4 Å². The van der Waals surface area contributed by atoms with Gasteiger partial charge in [0.1, 0.15) is 5.02 Å². The average molecular weight is 380 g/mol. The molecule has 0 amide bonds. The summed E-state index contributed by atoms with van der Waals surface area (Å²) in [4.78, 5) is 22.1. The molecule has 0 atom stereocenters. The van der Waals surface area contributed by atoms with Gasteiger partial charge >= 0.3 is 0 Å². The number of benzene rings is 1. The van der Waals surface area contributed by atoms with Crippen molar-refractivity contribution in [2.45, 2.75) is 6.92 Å². The molecule has 0 fully saturated rings. The third kappa shape index (κ3) is 3.07. The van der Waals surface area contributed by atoms with Crippen molar-refractivity contribution >= 4 is 40.1 Å². The Labute approximate surface area is 159 Å². The number of halogens is 1. The van der Waals surface area contributed by atoms with E-state index in [0.717, 1.165) is 16.8 Å². The molecule has 0 aliphatic rings. The van der Waals surface area contributed by atoms with Crippen LogP contribution in [0.25, 0.3) is 28.4 Å². The first kappa shape index (κ1) is 16.7. The van der Waals surface area contributed by atoms with Crippen molar-refractivity contribution in [2.75, 3.05) is 0 Å². The number of rotatable bonds is 3. The second kappa shape index (κ2) is 6.86. The lowest BCUT2D eigenvalue weighted by Gasteiger charge is -2.04. The zero-order valence-corrected chi connectivity index (χ0v) is 15.5. The largest absolute Gasteiger partial charge is 0.278 e. The highest BCUT2D eigenvalue weighted by atomic mass is 35.5. The lowest BCUT2D eigenvalue weighted by atomic mass is 10.1. The summed E-state index contributed by atoms with van der Waals surface area (Å²) in [5.74, 6) is 0. The van der Waals surface area contributed by atoms with Crippen molar-refractivity contribution in [3.05, 3.63) is 86.4 Å². The van der Waals surface area contributed by atoms with Crippen LogP contribution < -0.4 is 5.56 Å². The molecular formula is C20H14ClN3OS. The highest BCUT2D eigenvalue weighted by Gasteiger charge is 2.14. The minimum absolute atomic E-state index is 0.106. The Morgan fingerprint density at radius 3 is 2.69 bits per heavy atom. The second-order valence-corrected chi connectivity index (χ2v) is 7.06. The van der Waals surface area contributed by atoms with Gasteiger partial charge in [-0.3, -0.25) is 9.78 Å². The molecule has 3 heterocycles. The number of hydrogen-bond acceptors (Lipinski definition) is 4. The van der Waals surface area contributed by atoms with Crippen molar-refractivity contribution in [1.29, 1.82) is 0 Å². The molecule has 0 aliphatic carbocycles. The van der Waals surface area contributed by atoms with Gasteiger partial charge in [-0.15, -0.1) is 11.3 Å². The number of fused-ring (bicyclic) bond motifs is 1. The molecule has 4 rings (SSSR count). The smallest absolute Gasteiger partial charge is 0.267 e. The summed E-state index contributed by atoms with van der Waals surface area (Å²) in [7, 11) is 0. The summed E-state index contributed by atoms with van der Waals surface area (Å²) in [5, 5.41) is 2.04. The molecule has 0 saturated heterocycles. The molecular weight excluding hydrogens is 366 g/mol. The maximum absolute atomic E-state index is 12.8. The van der Waals surface area contributed by atoms with Gasteiger partial charge in [-0.05, 0) is 30.2 Å². The van der Waals surface area contributed by atoms with Crippen molar-refractivity contribution < 1.29 is 0 Å². The number of hydrogen-bond donors (Lipinski definition) is 0. The molecule has 4 aromatic rings. The lowest BCUT2D eigenvalue weighted by Crippen LogP contribution is -2.16. The quantitative estimate of drug-likeness (QED) is 0.506. The van der Waals surface area contributed by atoms with Crippen LogP contribution >= 0.6 is 22.9 Å². The second-order valence-electron chi connectivity index (χ2n) is 5.84. The third-order valence-corrected chi connectivity index (χ3v) is 5.19. The van der Waals surface area contributed by atoms with E-state index < -0.39 is 0 Å². The first-order valence-electron chi connectivity index (χ1n) is 7.98. The maximum Gasteiger partial charge on any atom is 0.278 e. The minimum atomic E-state index is -0.265. The average Bonchev–Trinajstić information content (AvgIpc) is 3.09. The molecule has 0 unspecified atom stereocenters. The molecule has 0 N–H and O–H groups in total. The minimum Gasteiger partial charge on any atom is -0.267 e. The van der Waals surface area contributed by atoms with Gasteiger partial charge in [-0.25, -0.2) is 9.38 Å². The predicted molar refractivity (Wildman–Crippen MR) is 108 cm³/mol. The Balaban J connectivity index is 1.82. The molecule has 0 radical (unpaired) electrons. The number of pyridine rings is 1. The first-order valence-corrected chi connectivity index (χ1v) is 9.24. The van der Waals surface area contributed by atoms with E-state index in [-0.39, 0.29) is 10.6 Å². The zero-order valence-electron chi connectivity index (χ0n) is 13.9. The van der Waals surface area contributed by atoms with Gasteiger partial charge in [0.15, 0.2) is 4.96 Å². The summed E-state index contributed by atoms with van der Waals surface area (Å²) >= 11 is 7.74. The summed E-state index contributed by atoms with van der Waals surface area (Å²) in [6, 6.07) is 11.8. The Morgan fingerprint density at radius 2 is 1.96 bits per heavy atom. The fourth-order valence-corrected chi connectivity index (χ4v) is 3.72. The van der Waals surface area contributed by atoms with E-state index in [2.05, 4.69) is 9.97 Å². The predicted octanol–water partition coefficient (Wildman–Crippen LogP) is 4.95. The Morgan fingerprint density at radius 1 is 1.15 bits per heavy atom. The van der Waals surface area contributed by atoms with E-state index in [1.54, 1.807) is 22.9 Å². The van der Waals surface area contributed by atoms with Crippen LogP contribution in [0, 0.1) is 6.92 Å². The molecule has 1 aromatic carbocycles. The fraction of sp³-hybridized carbons (Fsp3) is 0.0500. The SMILES string of the molecule is Cc1ccc(-c2csc3nc(/C=C/c4cccnc4)c(Cl)c(=O)n23)cc1. The topological polar surface area (TPSA) is 47.3 Å². The molecule has 3 aromatic heterocycles. The van der Waals surface area contributed by atoms with Gasteiger partial charge in [0, 0.05) is 17.8 Å². The third-order valence-electron chi connectivity index (χ3n) is 4.01. The van der Waals surface area contributed by atoms with Crippen LogP contribution in [0.4, 0.5) is 0 Å². The summed E-state index contributed by atoms with van der Waals surface area (Å²) in [5.41, 5.74) is 4.03. The van der Waals surface area contributed by atoms with E-state index in [9.17, 15) is 4.79 Å². The van der Waals surface area contributed by atoms with Crippen LogP contribution in [0.5, 0.6) is 0 Å². The van der Waals surface area contributed by atoms with E-state index in [4.69, 9.17) is 11.6 Å². The molecule has 4 nitrogen and oxygen atoms in total. The molecule has 0 aliphatic heterocycles. The van der Waals surface area contributed by atoms with E-state index in [1.807, 2.05) is 54.8 Å². The van der Waals surface area contributed by atoms with E-state index in [0.29, 0.717) is 10.7 Å². The van der Waals surface area contributed by atoms with Gasteiger partial charge in [0.05, 0.1) is 11.4 Å². The normalized spacial score (nSPS) is 11.5. The number of thiazole rings is 1. The maximum atomic E-state index is 12.8. The first-order chi connectivity index (χ1) is 12.6. The molecule has 128 valence electrons. The lowest BCUT2D eigenvalue weighted by molar-refractivity contribution is 1.08. The van der Waals surface area contributed by atoms with Crippen LogP contribution in [0.1, 0.15) is 16.8 Å². The van der Waals surface area contributed by atoms with Crippen molar-refractivity contribution in [2.24, 2.45) is 0 Å². The molecule has 26 heavy (non-hydrogen) atoms. The van der Waals surface area contributed by atoms with Gasteiger partial charge < -0.3 is 0 Å².